The smallest absolute Gasteiger partial charge is 0.151 e. The molecule has 1 aromatic carbocycles. The van der Waals surface area contributed by atoms with E-state index in [4.69, 9.17) is 9.47 Å². The average Bonchev–Trinajstić information content (AvgIpc) is 2.97. The van der Waals surface area contributed by atoms with Gasteiger partial charge < -0.3 is 14.8 Å². The van der Waals surface area contributed by atoms with Gasteiger partial charge in [-0.05, 0) is 25.6 Å². The van der Waals surface area contributed by atoms with Crippen molar-refractivity contribution in [3.05, 3.63) is 23.2 Å². The standard InChI is InChI=1S/C14H19N3O2S/c1-5-11(15-2)14-17-16-13(20-14)10-7-6-9(18-3)8-12(10)19-4/h6-8,11,15H,5H2,1-4H3. The van der Waals surface area contributed by atoms with Crippen molar-refractivity contribution in [2.24, 2.45) is 0 Å². The van der Waals surface area contributed by atoms with E-state index in [0.717, 1.165) is 33.5 Å². The Morgan fingerprint density at radius 2 is 2.05 bits per heavy atom. The molecule has 0 aliphatic carbocycles. The zero-order chi connectivity index (χ0) is 14.5. The minimum Gasteiger partial charge on any atom is -0.497 e. The van der Waals surface area contributed by atoms with Crippen LogP contribution in [0.25, 0.3) is 10.6 Å². The third kappa shape index (κ3) is 2.91. The lowest BCUT2D eigenvalue weighted by Crippen LogP contribution is -2.14. The van der Waals surface area contributed by atoms with Crippen molar-refractivity contribution in [2.45, 2.75) is 19.4 Å². The maximum atomic E-state index is 5.41. The summed E-state index contributed by atoms with van der Waals surface area (Å²) in [6, 6.07) is 5.94. The molecule has 1 atom stereocenters. The minimum absolute atomic E-state index is 0.241. The van der Waals surface area contributed by atoms with Crippen LogP contribution in [0, 0.1) is 0 Å². The van der Waals surface area contributed by atoms with Crippen LogP contribution in [0.15, 0.2) is 18.2 Å². The van der Waals surface area contributed by atoms with E-state index in [0.29, 0.717) is 0 Å². The summed E-state index contributed by atoms with van der Waals surface area (Å²) in [6.07, 6.45) is 0.977. The monoisotopic (exact) mass is 293 g/mol. The van der Waals surface area contributed by atoms with Crippen molar-refractivity contribution in [1.29, 1.82) is 0 Å². The summed E-state index contributed by atoms with van der Waals surface area (Å²) in [5, 5.41) is 13.6. The van der Waals surface area contributed by atoms with Gasteiger partial charge in [-0.3, -0.25) is 0 Å². The van der Waals surface area contributed by atoms with E-state index < -0.39 is 0 Å². The largest absolute Gasteiger partial charge is 0.497 e. The summed E-state index contributed by atoms with van der Waals surface area (Å²) in [5.74, 6) is 1.50. The Kier molecular flexibility index (Phi) is 4.92. The molecule has 2 rings (SSSR count). The minimum atomic E-state index is 0.241. The predicted molar refractivity (Wildman–Crippen MR) is 80.5 cm³/mol. The molecule has 1 unspecified atom stereocenters. The first-order valence-electron chi connectivity index (χ1n) is 6.46. The number of benzene rings is 1. The van der Waals surface area contributed by atoms with Gasteiger partial charge >= 0.3 is 0 Å². The molecule has 0 radical (unpaired) electrons. The number of nitrogens with zero attached hydrogens (tertiary/aromatic N) is 2. The maximum Gasteiger partial charge on any atom is 0.151 e. The van der Waals surface area contributed by atoms with Crippen molar-refractivity contribution in [1.82, 2.24) is 15.5 Å². The first-order chi connectivity index (χ1) is 9.73. The highest BCUT2D eigenvalue weighted by Crippen LogP contribution is 2.36. The molecule has 0 fully saturated rings. The van der Waals surface area contributed by atoms with Crippen LogP contribution >= 0.6 is 11.3 Å². The number of hydrogen-bond acceptors (Lipinski definition) is 6. The third-order valence-electron chi connectivity index (χ3n) is 3.13. The summed E-state index contributed by atoms with van der Waals surface area (Å²) in [5.41, 5.74) is 0.933. The van der Waals surface area contributed by atoms with Gasteiger partial charge in [-0.25, -0.2) is 0 Å². The third-order valence-corrected chi connectivity index (χ3v) is 4.20. The Morgan fingerprint density at radius 3 is 2.65 bits per heavy atom. The van der Waals surface area contributed by atoms with E-state index in [1.165, 1.54) is 0 Å². The molecule has 2 aromatic rings. The van der Waals surface area contributed by atoms with Gasteiger partial charge in [-0.15, -0.1) is 10.2 Å². The summed E-state index contributed by atoms with van der Waals surface area (Å²) < 4.78 is 10.6. The zero-order valence-corrected chi connectivity index (χ0v) is 13.0. The molecule has 1 heterocycles. The van der Waals surface area contributed by atoms with E-state index in [2.05, 4.69) is 22.4 Å². The molecule has 6 heteroatoms. The first kappa shape index (κ1) is 14.7. The van der Waals surface area contributed by atoms with Crippen LogP contribution < -0.4 is 14.8 Å². The van der Waals surface area contributed by atoms with E-state index in [-0.39, 0.29) is 6.04 Å². The highest BCUT2D eigenvalue weighted by atomic mass is 32.1. The van der Waals surface area contributed by atoms with Gasteiger partial charge in [0.15, 0.2) is 5.01 Å². The van der Waals surface area contributed by atoms with E-state index in [1.54, 1.807) is 25.6 Å². The molecule has 20 heavy (non-hydrogen) atoms. The fourth-order valence-corrected chi connectivity index (χ4v) is 3.03. The molecule has 5 nitrogen and oxygen atoms in total. The summed E-state index contributed by atoms with van der Waals surface area (Å²) >= 11 is 1.58. The van der Waals surface area contributed by atoms with Gasteiger partial charge in [0.2, 0.25) is 0 Å². The number of ether oxygens (including phenoxy) is 2. The SMILES string of the molecule is CCC(NC)c1nnc(-c2ccc(OC)cc2OC)s1. The van der Waals surface area contributed by atoms with Crippen LogP contribution in [-0.4, -0.2) is 31.5 Å². The molecule has 1 N–H and O–H groups in total. The van der Waals surface area contributed by atoms with Gasteiger partial charge in [0.25, 0.3) is 0 Å². The number of nitrogens with one attached hydrogen (secondary N) is 1. The predicted octanol–water partition coefficient (Wildman–Crippen LogP) is 2.89. The second-order valence-electron chi connectivity index (χ2n) is 4.26. The lowest BCUT2D eigenvalue weighted by atomic mass is 10.2. The van der Waals surface area contributed by atoms with Crippen LogP contribution in [0.3, 0.4) is 0 Å². The Hall–Kier alpha value is -1.66. The quantitative estimate of drug-likeness (QED) is 0.887. The van der Waals surface area contributed by atoms with Gasteiger partial charge in [-0.1, -0.05) is 18.3 Å². The van der Waals surface area contributed by atoms with Gasteiger partial charge in [0.1, 0.15) is 16.5 Å². The molecule has 0 saturated heterocycles. The van der Waals surface area contributed by atoms with Crippen LogP contribution in [0.2, 0.25) is 0 Å². The Labute approximate surface area is 123 Å². The fourth-order valence-electron chi connectivity index (χ4n) is 1.96. The Bertz CT molecular complexity index is 567. The Morgan fingerprint density at radius 1 is 1.25 bits per heavy atom. The molecule has 0 spiro atoms. The summed E-state index contributed by atoms with van der Waals surface area (Å²) in [6.45, 7) is 2.12. The van der Waals surface area contributed by atoms with Gasteiger partial charge in [0.05, 0.1) is 25.8 Å². The topological polar surface area (TPSA) is 56.3 Å². The number of aromatic nitrogens is 2. The second kappa shape index (κ2) is 6.67. The zero-order valence-electron chi connectivity index (χ0n) is 12.1. The molecule has 0 aliphatic rings. The number of methoxy groups -OCH3 is 2. The average molecular weight is 293 g/mol. The molecular weight excluding hydrogens is 274 g/mol. The van der Waals surface area contributed by atoms with Gasteiger partial charge in [0, 0.05) is 6.07 Å². The molecule has 0 saturated carbocycles. The number of rotatable bonds is 6. The van der Waals surface area contributed by atoms with Crippen molar-refractivity contribution in [3.8, 4) is 22.1 Å². The van der Waals surface area contributed by atoms with Crippen LogP contribution in [0.1, 0.15) is 24.4 Å². The van der Waals surface area contributed by atoms with Crippen LogP contribution in [0.4, 0.5) is 0 Å². The molecule has 1 aromatic heterocycles. The van der Waals surface area contributed by atoms with Gasteiger partial charge in [-0.2, -0.15) is 0 Å². The first-order valence-corrected chi connectivity index (χ1v) is 7.28. The highest BCUT2D eigenvalue weighted by Gasteiger charge is 2.16. The second-order valence-corrected chi connectivity index (χ2v) is 5.27. The van der Waals surface area contributed by atoms with Crippen molar-refractivity contribution >= 4 is 11.3 Å². The lowest BCUT2D eigenvalue weighted by Gasteiger charge is -2.09. The normalized spacial score (nSPS) is 12.2. The molecule has 0 amide bonds. The van der Waals surface area contributed by atoms with E-state index in [9.17, 15) is 0 Å². The summed E-state index contributed by atoms with van der Waals surface area (Å²) in [4.78, 5) is 0. The van der Waals surface area contributed by atoms with Crippen molar-refractivity contribution < 1.29 is 9.47 Å². The maximum absolute atomic E-state index is 5.41. The Balaban J connectivity index is 2.36. The number of hydrogen-bond donors (Lipinski definition) is 1. The molecule has 0 bridgehead atoms. The van der Waals surface area contributed by atoms with E-state index in [1.807, 2.05) is 25.2 Å². The van der Waals surface area contributed by atoms with Crippen molar-refractivity contribution in [2.75, 3.05) is 21.3 Å². The highest BCUT2D eigenvalue weighted by molar-refractivity contribution is 7.14. The molecule has 108 valence electrons. The summed E-state index contributed by atoms with van der Waals surface area (Å²) in [7, 11) is 5.21. The van der Waals surface area contributed by atoms with Crippen LogP contribution in [-0.2, 0) is 0 Å². The molecule has 0 aliphatic heterocycles. The molecular formula is C14H19N3O2S. The van der Waals surface area contributed by atoms with Crippen LogP contribution in [0.5, 0.6) is 11.5 Å². The fraction of sp³-hybridized carbons (Fsp3) is 0.429. The van der Waals surface area contributed by atoms with E-state index >= 15 is 0 Å². The van der Waals surface area contributed by atoms with Crippen molar-refractivity contribution in [3.63, 3.8) is 0 Å². The lowest BCUT2D eigenvalue weighted by molar-refractivity contribution is 0.395.